The van der Waals surface area contributed by atoms with Gasteiger partial charge in [0.2, 0.25) is 0 Å². The number of rotatable bonds is 5. The van der Waals surface area contributed by atoms with Gasteiger partial charge in [0.25, 0.3) is 5.91 Å². The molecule has 0 spiro atoms. The van der Waals surface area contributed by atoms with Crippen molar-refractivity contribution in [1.82, 2.24) is 4.90 Å². The molecule has 0 saturated carbocycles. The molecular formula is C20H34N2O3. The molecule has 1 saturated heterocycles. The summed E-state index contributed by atoms with van der Waals surface area (Å²) in [5.41, 5.74) is 2.23. The lowest BCUT2D eigenvalue weighted by Gasteiger charge is -2.39. The number of carbonyl (C=O) groups excluding carboxylic acids is 2. The highest BCUT2D eigenvalue weighted by Gasteiger charge is 2.31. The third-order valence-electron chi connectivity index (χ3n) is 3.88. The monoisotopic (exact) mass is 350 g/mol. The Hall–Kier alpha value is -2.04. The molecule has 0 atom stereocenters. The SMILES string of the molecule is CC.CC.CCC1CN(C(=O)c2cc(NC)ccc2COC(C)=O)C1. The van der Waals surface area contributed by atoms with E-state index < -0.39 is 0 Å². The topological polar surface area (TPSA) is 58.6 Å². The Morgan fingerprint density at radius 2 is 1.80 bits per heavy atom. The minimum absolute atomic E-state index is 0.0129. The van der Waals surface area contributed by atoms with Gasteiger partial charge in [-0.05, 0) is 24.5 Å². The van der Waals surface area contributed by atoms with Gasteiger partial charge in [0.1, 0.15) is 6.61 Å². The van der Waals surface area contributed by atoms with Crippen molar-refractivity contribution in [2.75, 3.05) is 25.5 Å². The first-order valence-corrected chi connectivity index (χ1v) is 9.28. The van der Waals surface area contributed by atoms with E-state index in [1.807, 2.05) is 57.8 Å². The van der Waals surface area contributed by atoms with Crippen LogP contribution in [0.15, 0.2) is 18.2 Å². The van der Waals surface area contributed by atoms with Crippen LogP contribution in [0.2, 0.25) is 0 Å². The van der Waals surface area contributed by atoms with E-state index in [1.165, 1.54) is 6.92 Å². The first-order valence-electron chi connectivity index (χ1n) is 9.28. The quantitative estimate of drug-likeness (QED) is 0.803. The molecule has 5 nitrogen and oxygen atoms in total. The van der Waals surface area contributed by atoms with Gasteiger partial charge >= 0.3 is 5.97 Å². The molecule has 1 amide bonds. The molecule has 1 aliphatic heterocycles. The molecule has 1 aliphatic rings. The first-order chi connectivity index (χ1) is 12.0. The van der Waals surface area contributed by atoms with Gasteiger partial charge < -0.3 is 15.0 Å². The van der Waals surface area contributed by atoms with E-state index in [1.54, 1.807) is 0 Å². The lowest BCUT2D eigenvalue weighted by atomic mass is 9.95. The Morgan fingerprint density at radius 3 is 2.28 bits per heavy atom. The molecule has 1 aromatic carbocycles. The Morgan fingerprint density at radius 1 is 1.20 bits per heavy atom. The number of ether oxygens (including phenoxy) is 1. The summed E-state index contributed by atoms with van der Waals surface area (Å²) in [6.07, 6.45) is 1.10. The van der Waals surface area contributed by atoms with Gasteiger partial charge in [0.05, 0.1) is 0 Å². The van der Waals surface area contributed by atoms with Crippen LogP contribution in [0.25, 0.3) is 0 Å². The van der Waals surface area contributed by atoms with Crippen LogP contribution < -0.4 is 5.32 Å². The second-order valence-corrected chi connectivity index (χ2v) is 5.39. The molecule has 0 aliphatic carbocycles. The average Bonchev–Trinajstić information content (AvgIpc) is 2.62. The first kappa shape index (κ1) is 23.0. The van der Waals surface area contributed by atoms with Gasteiger partial charge in [-0.15, -0.1) is 0 Å². The zero-order valence-corrected chi connectivity index (χ0v) is 16.8. The summed E-state index contributed by atoms with van der Waals surface area (Å²) in [6.45, 7) is 13.3. The van der Waals surface area contributed by atoms with E-state index in [0.29, 0.717) is 11.5 Å². The lowest BCUT2D eigenvalue weighted by Crippen LogP contribution is -2.49. The fourth-order valence-corrected chi connectivity index (χ4v) is 2.40. The summed E-state index contributed by atoms with van der Waals surface area (Å²) in [5, 5.41) is 3.03. The third kappa shape index (κ3) is 6.77. The molecule has 1 fully saturated rings. The fraction of sp³-hybridized carbons (Fsp3) is 0.600. The molecule has 0 aromatic heterocycles. The molecule has 0 radical (unpaired) electrons. The Labute approximate surface area is 152 Å². The van der Waals surface area contributed by atoms with Gasteiger partial charge in [-0.3, -0.25) is 9.59 Å². The number of nitrogens with zero attached hydrogens (tertiary/aromatic N) is 1. The highest BCUT2D eigenvalue weighted by molar-refractivity contribution is 5.97. The number of carbonyl (C=O) groups is 2. The van der Waals surface area contributed by atoms with Crippen molar-refractivity contribution in [2.45, 2.75) is 54.6 Å². The van der Waals surface area contributed by atoms with E-state index in [4.69, 9.17) is 4.74 Å². The van der Waals surface area contributed by atoms with Gasteiger partial charge in [0.15, 0.2) is 0 Å². The minimum Gasteiger partial charge on any atom is -0.461 e. The summed E-state index contributed by atoms with van der Waals surface area (Å²) in [4.78, 5) is 25.4. The molecule has 2 rings (SSSR count). The minimum atomic E-state index is -0.346. The van der Waals surface area contributed by atoms with E-state index in [2.05, 4.69) is 12.2 Å². The van der Waals surface area contributed by atoms with Crippen molar-refractivity contribution in [3.63, 3.8) is 0 Å². The molecule has 1 heterocycles. The van der Waals surface area contributed by atoms with Gasteiger partial charge in [0, 0.05) is 43.9 Å². The van der Waals surface area contributed by atoms with Crippen LogP contribution >= 0.6 is 0 Å². The number of likely N-dealkylation sites (tertiary alicyclic amines) is 1. The third-order valence-corrected chi connectivity index (χ3v) is 3.88. The van der Waals surface area contributed by atoms with Gasteiger partial charge in [-0.2, -0.15) is 0 Å². The molecule has 1 aromatic rings. The molecule has 0 unspecified atom stereocenters. The standard InChI is InChI=1S/C16H22N2O3.2C2H6/c1-4-12-8-18(9-12)16(20)15-7-14(17-3)6-5-13(15)10-21-11(2)19;2*1-2/h5-7,12,17H,4,8-10H2,1-3H3;2*1-2H3. The van der Waals surface area contributed by atoms with Crippen LogP contribution in [0, 0.1) is 5.92 Å². The second kappa shape index (κ2) is 12.3. The van der Waals surface area contributed by atoms with Crippen molar-refractivity contribution >= 4 is 17.6 Å². The van der Waals surface area contributed by atoms with Crippen LogP contribution in [0.5, 0.6) is 0 Å². The molecule has 25 heavy (non-hydrogen) atoms. The van der Waals surface area contributed by atoms with Crippen molar-refractivity contribution in [3.8, 4) is 0 Å². The normalized spacial score (nSPS) is 12.7. The molecular weight excluding hydrogens is 316 g/mol. The summed E-state index contributed by atoms with van der Waals surface area (Å²) in [5.74, 6) is 0.276. The average molecular weight is 351 g/mol. The highest BCUT2D eigenvalue weighted by Crippen LogP contribution is 2.24. The van der Waals surface area contributed by atoms with Crippen molar-refractivity contribution in [3.05, 3.63) is 29.3 Å². The number of amides is 1. The van der Waals surface area contributed by atoms with Crippen LogP contribution in [-0.2, 0) is 16.1 Å². The summed E-state index contributed by atoms with van der Waals surface area (Å²) >= 11 is 0. The fourth-order valence-electron chi connectivity index (χ4n) is 2.40. The zero-order chi connectivity index (χ0) is 19.4. The van der Waals surface area contributed by atoms with E-state index >= 15 is 0 Å². The predicted octanol–water partition coefficient (Wildman–Crippen LogP) is 4.33. The van der Waals surface area contributed by atoms with Gasteiger partial charge in [-0.1, -0.05) is 40.7 Å². The van der Waals surface area contributed by atoms with Crippen LogP contribution in [0.4, 0.5) is 5.69 Å². The number of nitrogens with one attached hydrogen (secondary N) is 1. The molecule has 142 valence electrons. The smallest absolute Gasteiger partial charge is 0.302 e. The van der Waals surface area contributed by atoms with E-state index in [-0.39, 0.29) is 18.5 Å². The maximum Gasteiger partial charge on any atom is 0.302 e. The van der Waals surface area contributed by atoms with Crippen LogP contribution in [-0.4, -0.2) is 36.9 Å². The largest absolute Gasteiger partial charge is 0.461 e. The van der Waals surface area contributed by atoms with Crippen molar-refractivity contribution < 1.29 is 14.3 Å². The maximum absolute atomic E-state index is 12.6. The second-order valence-electron chi connectivity index (χ2n) is 5.39. The molecule has 0 bridgehead atoms. The molecule has 1 N–H and O–H groups in total. The number of anilines is 1. The van der Waals surface area contributed by atoms with Crippen LogP contribution in [0.3, 0.4) is 0 Å². The number of benzene rings is 1. The van der Waals surface area contributed by atoms with Crippen LogP contribution in [0.1, 0.15) is 63.9 Å². The van der Waals surface area contributed by atoms with Gasteiger partial charge in [-0.25, -0.2) is 0 Å². The maximum atomic E-state index is 12.6. The summed E-state index contributed by atoms with van der Waals surface area (Å²) in [7, 11) is 1.81. The summed E-state index contributed by atoms with van der Waals surface area (Å²) in [6, 6.07) is 5.53. The Bertz CT molecular complexity index is 538. The Balaban J connectivity index is 0.00000134. The van der Waals surface area contributed by atoms with Crippen molar-refractivity contribution in [1.29, 1.82) is 0 Å². The molecule has 5 heteroatoms. The zero-order valence-electron chi connectivity index (χ0n) is 16.8. The van der Waals surface area contributed by atoms with Crippen molar-refractivity contribution in [2.24, 2.45) is 5.92 Å². The van der Waals surface area contributed by atoms with E-state index in [0.717, 1.165) is 30.8 Å². The predicted molar refractivity (Wildman–Crippen MR) is 104 cm³/mol. The Kier molecular flexibility index (Phi) is 11.3. The number of hydrogen-bond donors (Lipinski definition) is 1. The highest BCUT2D eigenvalue weighted by atomic mass is 16.5. The van der Waals surface area contributed by atoms with E-state index in [9.17, 15) is 9.59 Å². The lowest BCUT2D eigenvalue weighted by molar-refractivity contribution is -0.142. The summed E-state index contributed by atoms with van der Waals surface area (Å²) < 4.78 is 5.04. The number of esters is 1. The number of hydrogen-bond acceptors (Lipinski definition) is 4.